The van der Waals surface area contributed by atoms with Gasteiger partial charge < -0.3 is 5.43 Å². The maximum Gasteiger partial charge on any atom is 0.244 e. The number of hydrazone groups is 1. The van der Waals surface area contributed by atoms with Crippen LogP contribution in [0.2, 0.25) is 20.1 Å². The summed E-state index contributed by atoms with van der Waals surface area (Å²) in [4.78, 5) is -0.810. The highest BCUT2D eigenvalue weighted by molar-refractivity contribution is 7.89. The molecule has 2 unspecified atom stereocenters. The monoisotopic (exact) mass is 563 g/mol. The fourth-order valence-electron chi connectivity index (χ4n) is 3.51. The molecule has 0 radical (unpaired) electrons. The SMILES string of the molecule is O=S(=O)(NC(C1=NNC(c2ccc(Cl)cc2)C1)c1ccc(Cl)cc1Cl)c1cc(Cl)c(F)cc1F. The van der Waals surface area contributed by atoms with Crippen LogP contribution < -0.4 is 10.1 Å². The Morgan fingerprint density at radius 3 is 2.26 bits per heavy atom. The average Bonchev–Trinajstić information content (AvgIpc) is 3.25. The molecule has 0 saturated heterocycles. The first kappa shape index (κ1) is 25.2. The molecule has 2 N–H and O–H groups in total. The maximum absolute atomic E-state index is 14.4. The molecule has 0 saturated carbocycles. The third kappa shape index (κ3) is 5.32. The van der Waals surface area contributed by atoms with E-state index >= 15 is 0 Å². The van der Waals surface area contributed by atoms with Gasteiger partial charge in [-0.1, -0.05) is 64.6 Å². The lowest BCUT2D eigenvalue weighted by molar-refractivity contribution is 0.541. The smallest absolute Gasteiger partial charge is 0.244 e. The summed E-state index contributed by atoms with van der Waals surface area (Å²) < 4.78 is 56.7. The molecule has 4 rings (SSSR count). The van der Waals surface area contributed by atoms with E-state index in [4.69, 9.17) is 46.4 Å². The van der Waals surface area contributed by atoms with Gasteiger partial charge in [0.05, 0.1) is 22.8 Å². The Hall–Kier alpha value is -1.94. The van der Waals surface area contributed by atoms with Gasteiger partial charge >= 0.3 is 0 Å². The molecular weight excluding hydrogens is 550 g/mol. The van der Waals surface area contributed by atoms with Gasteiger partial charge in [-0.3, -0.25) is 0 Å². The van der Waals surface area contributed by atoms with Gasteiger partial charge in [0.15, 0.2) is 0 Å². The topological polar surface area (TPSA) is 70.6 Å². The van der Waals surface area contributed by atoms with Gasteiger partial charge in [0.25, 0.3) is 0 Å². The van der Waals surface area contributed by atoms with E-state index in [-0.39, 0.29) is 11.1 Å². The Bertz CT molecular complexity index is 1390. The molecule has 2 atom stereocenters. The molecule has 0 aromatic heterocycles. The molecule has 0 spiro atoms. The number of nitrogens with one attached hydrogen (secondary N) is 2. The van der Waals surface area contributed by atoms with Gasteiger partial charge in [0, 0.05) is 27.6 Å². The van der Waals surface area contributed by atoms with Crippen LogP contribution in [0.4, 0.5) is 8.78 Å². The van der Waals surface area contributed by atoms with Crippen LogP contribution >= 0.6 is 46.4 Å². The van der Waals surface area contributed by atoms with E-state index in [1.54, 1.807) is 24.3 Å². The second-order valence-corrected chi connectivity index (χ2v) is 10.8. The zero-order valence-electron chi connectivity index (χ0n) is 17.0. The van der Waals surface area contributed by atoms with E-state index in [1.165, 1.54) is 6.07 Å². The highest BCUT2D eigenvalue weighted by Crippen LogP contribution is 2.34. The van der Waals surface area contributed by atoms with E-state index in [0.29, 0.717) is 39.9 Å². The number of rotatable bonds is 6. The molecule has 3 aromatic carbocycles. The van der Waals surface area contributed by atoms with Crippen LogP contribution in [0.25, 0.3) is 0 Å². The van der Waals surface area contributed by atoms with Gasteiger partial charge in [-0.2, -0.15) is 9.82 Å². The molecule has 1 heterocycles. The summed E-state index contributed by atoms with van der Waals surface area (Å²) in [6, 6.07) is 11.4. The lowest BCUT2D eigenvalue weighted by atomic mass is 9.96. The molecular formula is C22H15Cl4F2N3O2S. The quantitative estimate of drug-likeness (QED) is 0.328. The third-order valence-corrected chi connectivity index (χ3v) is 7.74. The molecule has 34 heavy (non-hydrogen) atoms. The largest absolute Gasteiger partial charge is 0.302 e. The number of hydrogen-bond acceptors (Lipinski definition) is 4. The zero-order valence-corrected chi connectivity index (χ0v) is 20.8. The average molecular weight is 565 g/mol. The number of sulfonamides is 1. The fourth-order valence-corrected chi connectivity index (χ4v) is 5.67. The van der Waals surface area contributed by atoms with Crippen LogP contribution in [-0.2, 0) is 10.0 Å². The Kier molecular flexibility index (Phi) is 7.38. The van der Waals surface area contributed by atoms with Crippen molar-refractivity contribution < 1.29 is 17.2 Å². The lowest BCUT2D eigenvalue weighted by Gasteiger charge is -2.21. The van der Waals surface area contributed by atoms with Crippen LogP contribution in [-0.4, -0.2) is 14.1 Å². The molecule has 0 bridgehead atoms. The molecule has 5 nitrogen and oxygen atoms in total. The van der Waals surface area contributed by atoms with Crippen molar-refractivity contribution in [2.45, 2.75) is 23.4 Å². The molecule has 1 aliphatic rings. The van der Waals surface area contributed by atoms with E-state index in [2.05, 4.69) is 15.2 Å². The first-order valence-electron chi connectivity index (χ1n) is 9.74. The minimum absolute atomic E-state index is 0.176. The van der Waals surface area contributed by atoms with Crippen LogP contribution in [0, 0.1) is 11.6 Å². The molecule has 0 amide bonds. The van der Waals surface area contributed by atoms with Crippen LogP contribution in [0.1, 0.15) is 29.6 Å². The van der Waals surface area contributed by atoms with Gasteiger partial charge in [-0.25, -0.2) is 17.2 Å². The summed E-state index contributed by atoms with van der Waals surface area (Å²) >= 11 is 24.0. The lowest BCUT2D eigenvalue weighted by Crippen LogP contribution is -2.34. The van der Waals surface area contributed by atoms with Crippen molar-refractivity contribution in [2.24, 2.45) is 5.10 Å². The molecule has 12 heteroatoms. The van der Waals surface area contributed by atoms with Gasteiger partial charge in [-0.15, -0.1) is 0 Å². The zero-order chi connectivity index (χ0) is 24.6. The second kappa shape index (κ2) is 9.97. The summed E-state index contributed by atoms with van der Waals surface area (Å²) in [6.45, 7) is 0. The van der Waals surface area contributed by atoms with E-state index in [1.807, 2.05) is 12.1 Å². The number of halogens is 6. The molecule has 3 aromatic rings. The minimum atomic E-state index is -4.52. The highest BCUT2D eigenvalue weighted by atomic mass is 35.5. The molecule has 1 aliphatic heterocycles. The van der Waals surface area contributed by atoms with Crippen molar-refractivity contribution >= 4 is 62.1 Å². The van der Waals surface area contributed by atoms with Crippen molar-refractivity contribution in [3.8, 4) is 0 Å². The van der Waals surface area contributed by atoms with E-state index < -0.39 is 37.6 Å². The summed E-state index contributed by atoms with van der Waals surface area (Å²) in [6.07, 6.45) is 0.306. The van der Waals surface area contributed by atoms with Crippen LogP contribution in [0.5, 0.6) is 0 Å². The van der Waals surface area contributed by atoms with Crippen molar-refractivity contribution in [1.29, 1.82) is 0 Å². The minimum Gasteiger partial charge on any atom is -0.302 e. The summed E-state index contributed by atoms with van der Waals surface area (Å²) in [5.41, 5.74) is 4.59. The molecule has 178 valence electrons. The van der Waals surface area contributed by atoms with Crippen LogP contribution in [0.3, 0.4) is 0 Å². The maximum atomic E-state index is 14.4. The standard InChI is InChI=1S/C22H15Cl4F2N3O2S/c23-12-3-1-11(2-4-12)19-10-20(30-29-19)22(14-6-5-13(24)7-15(14)25)31-34(32,33)21-8-16(26)17(27)9-18(21)28/h1-9,19,22,29,31H,10H2. The number of benzene rings is 3. The predicted octanol–water partition coefficient (Wildman–Crippen LogP) is 6.69. The fraction of sp³-hybridized carbons (Fsp3) is 0.136. The van der Waals surface area contributed by atoms with Crippen molar-refractivity contribution in [1.82, 2.24) is 10.1 Å². The Morgan fingerprint density at radius 2 is 1.59 bits per heavy atom. The van der Waals surface area contributed by atoms with Crippen molar-refractivity contribution in [3.63, 3.8) is 0 Å². The van der Waals surface area contributed by atoms with Gasteiger partial charge in [-0.05, 0) is 41.5 Å². The van der Waals surface area contributed by atoms with Gasteiger partial charge in [0.1, 0.15) is 16.5 Å². The second-order valence-electron chi connectivity index (χ2n) is 7.46. The summed E-state index contributed by atoms with van der Waals surface area (Å²) in [5, 5.41) is 4.88. The summed E-state index contributed by atoms with van der Waals surface area (Å²) in [5.74, 6) is -2.37. The third-order valence-electron chi connectivity index (χ3n) is 5.19. The molecule has 0 fully saturated rings. The molecule has 0 aliphatic carbocycles. The first-order valence-corrected chi connectivity index (χ1v) is 12.7. The highest BCUT2D eigenvalue weighted by Gasteiger charge is 2.33. The predicted molar refractivity (Wildman–Crippen MR) is 130 cm³/mol. The number of hydrogen-bond donors (Lipinski definition) is 2. The van der Waals surface area contributed by atoms with Crippen LogP contribution in [0.15, 0.2) is 64.6 Å². The van der Waals surface area contributed by atoms with E-state index in [0.717, 1.165) is 5.56 Å². The van der Waals surface area contributed by atoms with Crippen molar-refractivity contribution in [2.75, 3.05) is 0 Å². The number of nitrogens with zero attached hydrogens (tertiary/aromatic N) is 1. The van der Waals surface area contributed by atoms with E-state index in [9.17, 15) is 17.2 Å². The Balaban J connectivity index is 1.71. The normalized spacial score (nSPS) is 16.8. The Labute approximate surface area is 214 Å². The first-order chi connectivity index (χ1) is 16.0. The Morgan fingerprint density at radius 1 is 0.912 bits per heavy atom. The summed E-state index contributed by atoms with van der Waals surface area (Å²) in [7, 11) is -4.52. The van der Waals surface area contributed by atoms with Gasteiger partial charge in [0.2, 0.25) is 10.0 Å². The van der Waals surface area contributed by atoms with Crippen molar-refractivity contribution in [3.05, 3.63) is 97.4 Å².